The predicted molar refractivity (Wildman–Crippen MR) is 94.1 cm³/mol. The van der Waals surface area contributed by atoms with Crippen molar-refractivity contribution in [1.82, 2.24) is 0 Å². The van der Waals surface area contributed by atoms with E-state index in [0.29, 0.717) is 0 Å². The lowest BCUT2D eigenvalue weighted by atomic mass is 9.89. The van der Waals surface area contributed by atoms with Crippen LogP contribution in [0.2, 0.25) is 0 Å². The summed E-state index contributed by atoms with van der Waals surface area (Å²) in [5, 5.41) is 0. The van der Waals surface area contributed by atoms with Gasteiger partial charge in [-0.2, -0.15) is 0 Å². The van der Waals surface area contributed by atoms with Crippen molar-refractivity contribution in [3.63, 3.8) is 0 Å². The minimum atomic E-state index is 0.912. The molecule has 0 saturated carbocycles. The van der Waals surface area contributed by atoms with Crippen molar-refractivity contribution in [2.75, 3.05) is 0 Å². The first-order valence-corrected chi connectivity index (χ1v) is 8.55. The second kappa shape index (κ2) is 12.0. The van der Waals surface area contributed by atoms with Crippen molar-refractivity contribution in [2.24, 2.45) is 5.92 Å². The largest absolute Gasteiger partial charge is 0.0856 e. The molecule has 1 aliphatic carbocycles. The molecule has 0 radical (unpaired) electrons. The average molecular weight is 277 g/mol. The summed E-state index contributed by atoms with van der Waals surface area (Å²) in [5.41, 5.74) is 4.68. The van der Waals surface area contributed by atoms with E-state index in [1.165, 1.54) is 50.5 Å². The molecule has 1 atom stereocenters. The van der Waals surface area contributed by atoms with Crippen LogP contribution in [-0.4, -0.2) is 0 Å². The van der Waals surface area contributed by atoms with E-state index in [9.17, 15) is 0 Å². The zero-order valence-electron chi connectivity index (χ0n) is 14.8. The summed E-state index contributed by atoms with van der Waals surface area (Å²) in [4.78, 5) is 0. The fourth-order valence-electron chi connectivity index (χ4n) is 2.44. The normalized spacial score (nSPS) is 18.8. The van der Waals surface area contributed by atoms with Crippen molar-refractivity contribution >= 4 is 0 Å². The van der Waals surface area contributed by atoms with Crippen molar-refractivity contribution < 1.29 is 0 Å². The Morgan fingerprint density at radius 1 is 1.15 bits per heavy atom. The van der Waals surface area contributed by atoms with Gasteiger partial charge in [-0.3, -0.25) is 0 Å². The molecule has 0 aliphatic heterocycles. The highest BCUT2D eigenvalue weighted by molar-refractivity contribution is 5.09. The zero-order chi connectivity index (χ0) is 15.4. The van der Waals surface area contributed by atoms with Crippen LogP contribution in [0, 0.1) is 5.92 Å². The fraction of sp³-hybridized carbons (Fsp3) is 0.700. The molecule has 1 aliphatic rings. The summed E-state index contributed by atoms with van der Waals surface area (Å²) < 4.78 is 0. The Morgan fingerprint density at radius 2 is 1.85 bits per heavy atom. The maximum atomic E-state index is 2.49. The maximum Gasteiger partial charge on any atom is -0.0285 e. The van der Waals surface area contributed by atoms with Crippen LogP contribution in [0.5, 0.6) is 0 Å². The van der Waals surface area contributed by atoms with E-state index < -0.39 is 0 Å². The van der Waals surface area contributed by atoms with Crippen LogP contribution in [0.4, 0.5) is 0 Å². The van der Waals surface area contributed by atoms with Crippen LogP contribution in [0.25, 0.3) is 0 Å². The molecule has 0 heteroatoms. The molecule has 0 heterocycles. The second-order valence-corrected chi connectivity index (χ2v) is 6.15. The molecule has 1 rings (SSSR count). The van der Waals surface area contributed by atoms with E-state index >= 15 is 0 Å². The lowest BCUT2D eigenvalue weighted by Crippen LogP contribution is -2.01. The summed E-state index contributed by atoms with van der Waals surface area (Å²) >= 11 is 0. The topological polar surface area (TPSA) is 0 Å². The van der Waals surface area contributed by atoms with Crippen LogP contribution in [0.1, 0.15) is 86.5 Å². The molecule has 0 bridgehead atoms. The van der Waals surface area contributed by atoms with Gasteiger partial charge >= 0.3 is 0 Å². The van der Waals surface area contributed by atoms with Crippen LogP contribution < -0.4 is 0 Å². The molecule has 0 fully saturated rings. The van der Waals surface area contributed by atoms with Crippen molar-refractivity contribution in [2.45, 2.75) is 86.5 Å². The minimum Gasteiger partial charge on any atom is -0.0856 e. The first-order valence-electron chi connectivity index (χ1n) is 8.55. The van der Waals surface area contributed by atoms with Gasteiger partial charge in [-0.1, -0.05) is 55.7 Å². The lowest BCUT2D eigenvalue weighted by molar-refractivity contribution is 0.506. The average Bonchev–Trinajstić information content (AvgIpc) is 2.43. The fourth-order valence-corrected chi connectivity index (χ4v) is 2.44. The van der Waals surface area contributed by atoms with Crippen LogP contribution in [0.15, 0.2) is 34.9 Å². The van der Waals surface area contributed by atoms with Gasteiger partial charge in [0.15, 0.2) is 0 Å². The van der Waals surface area contributed by atoms with Crippen molar-refractivity contribution in [1.29, 1.82) is 0 Å². The molecular formula is C20H36. The summed E-state index contributed by atoms with van der Waals surface area (Å²) in [6.45, 7) is 13.0. The molecule has 0 nitrogen and oxygen atoms in total. The number of hydrogen-bond acceptors (Lipinski definition) is 0. The molecule has 20 heavy (non-hydrogen) atoms. The smallest absolute Gasteiger partial charge is 0.0285 e. The van der Waals surface area contributed by atoms with Crippen LogP contribution >= 0.6 is 0 Å². The Bertz CT molecular complexity index is 324. The highest BCUT2D eigenvalue weighted by atomic mass is 14.1. The van der Waals surface area contributed by atoms with Crippen molar-refractivity contribution in [3.8, 4) is 0 Å². The van der Waals surface area contributed by atoms with E-state index in [1.54, 1.807) is 11.1 Å². The quantitative estimate of drug-likeness (QED) is 0.449. The van der Waals surface area contributed by atoms with Gasteiger partial charge in [0.1, 0.15) is 0 Å². The minimum absolute atomic E-state index is 0.912. The van der Waals surface area contributed by atoms with E-state index in [4.69, 9.17) is 0 Å². The third-order valence-electron chi connectivity index (χ3n) is 3.82. The number of allylic oxidation sites excluding steroid dienone is 6. The summed E-state index contributed by atoms with van der Waals surface area (Å²) in [7, 11) is 0. The predicted octanol–water partition coefficient (Wildman–Crippen LogP) is 7.23. The molecule has 0 saturated heterocycles. The Balaban J connectivity index is 0.00000172. The highest BCUT2D eigenvalue weighted by Crippen LogP contribution is 2.26. The summed E-state index contributed by atoms with van der Waals surface area (Å²) in [6, 6.07) is 0. The van der Waals surface area contributed by atoms with Gasteiger partial charge in [-0.05, 0) is 71.6 Å². The molecule has 0 N–H and O–H groups in total. The monoisotopic (exact) mass is 276 g/mol. The molecule has 116 valence electrons. The zero-order valence-corrected chi connectivity index (χ0v) is 14.8. The Hall–Kier alpha value is -0.780. The highest BCUT2D eigenvalue weighted by Gasteiger charge is 2.08. The number of hydrogen-bond donors (Lipinski definition) is 0. The molecule has 0 aromatic rings. The first kappa shape index (κ1) is 19.2. The molecule has 0 spiro atoms. The molecule has 0 aromatic heterocycles. The first-order chi connectivity index (χ1) is 9.58. The molecular weight excluding hydrogens is 240 g/mol. The van der Waals surface area contributed by atoms with Gasteiger partial charge in [0, 0.05) is 0 Å². The van der Waals surface area contributed by atoms with E-state index in [2.05, 4.69) is 45.9 Å². The molecule has 0 aromatic carbocycles. The second-order valence-electron chi connectivity index (χ2n) is 6.15. The van der Waals surface area contributed by atoms with Crippen LogP contribution in [0.3, 0.4) is 0 Å². The van der Waals surface area contributed by atoms with Crippen LogP contribution in [-0.2, 0) is 0 Å². The van der Waals surface area contributed by atoms with Gasteiger partial charge in [0.25, 0.3) is 0 Å². The SMILES string of the molecule is CC.CC(C)=CCC/C(C)=C/CCC1=CC[C@@H](C)CC1. The van der Waals surface area contributed by atoms with Gasteiger partial charge < -0.3 is 0 Å². The lowest BCUT2D eigenvalue weighted by Gasteiger charge is -2.17. The van der Waals surface area contributed by atoms with E-state index in [0.717, 1.165) is 5.92 Å². The molecule has 0 unspecified atom stereocenters. The third-order valence-corrected chi connectivity index (χ3v) is 3.82. The Morgan fingerprint density at radius 3 is 2.40 bits per heavy atom. The van der Waals surface area contributed by atoms with E-state index in [1.807, 2.05) is 13.8 Å². The maximum absolute atomic E-state index is 2.49. The van der Waals surface area contributed by atoms with Gasteiger partial charge in [0.2, 0.25) is 0 Å². The summed E-state index contributed by atoms with van der Waals surface area (Å²) in [5.74, 6) is 0.912. The standard InChI is InChI=1S/C18H30.C2H6/c1-15(2)7-5-8-16(3)9-6-10-18-13-11-17(4)12-14-18;1-2/h7,9,13,17H,5-6,8,10-12,14H2,1-4H3;1-2H3/b16-9+;/t17-;/m1./s1. The van der Waals surface area contributed by atoms with Gasteiger partial charge in [-0.25, -0.2) is 0 Å². The number of rotatable bonds is 6. The Kier molecular flexibility index (Phi) is 11.5. The van der Waals surface area contributed by atoms with Gasteiger partial charge in [0.05, 0.1) is 0 Å². The third kappa shape index (κ3) is 10.1. The van der Waals surface area contributed by atoms with Crippen molar-refractivity contribution in [3.05, 3.63) is 34.9 Å². The summed E-state index contributed by atoms with van der Waals surface area (Å²) in [6.07, 6.45) is 16.2. The Labute approximate surface area is 128 Å². The molecule has 0 amide bonds. The van der Waals surface area contributed by atoms with E-state index in [-0.39, 0.29) is 0 Å². The van der Waals surface area contributed by atoms with Gasteiger partial charge in [-0.15, -0.1) is 0 Å².